The van der Waals surface area contributed by atoms with Crippen LogP contribution in [0.25, 0.3) is 0 Å². The molecule has 9 heteroatoms. The maximum absolute atomic E-state index is 12.5. The predicted octanol–water partition coefficient (Wildman–Crippen LogP) is 1.11. The molecule has 5 amide bonds. The number of hydrazine groups is 1. The number of urea groups is 1. The number of hydrogen-bond acceptors (Lipinski definition) is 5. The van der Waals surface area contributed by atoms with Gasteiger partial charge in [0.05, 0.1) is 4.88 Å². The number of nitrogens with one attached hydrogen (secondary N) is 3. The third kappa shape index (κ3) is 3.18. The van der Waals surface area contributed by atoms with Gasteiger partial charge in [0.15, 0.2) is 0 Å². The molecule has 140 valence electrons. The summed E-state index contributed by atoms with van der Waals surface area (Å²) >= 11 is 1.43. The second kappa shape index (κ2) is 7.06. The fraction of sp³-hybridized carbons (Fsp3) is 0.529. The highest BCUT2D eigenvalue weighted by atomic mass is 32.1. The van der Waals surface area contributed by atoms with E-state index in [1.807, 2.05) is 19.9 Å². The van der Waals surface area contributed by atoms with Gasteiger partial charge in [-0.2, -0.15) is 0 Å². The van der Waals surface area contributed by atoms with Gasteiger partial charge in [0.2, 0.25) is 0 Å². The van der Waals surface area contributed by atoms with Gasteiger partial charge in [0.25, 0.3) is 17.7 Å². The molecule has 0 unspecified atom stereocenters. The van der Waals surface area contributed by atoms with E-state index < -0.39 is 35.8 Å². The lowest BCUT2D eigenvalue weighted by Crippen LogP contribution is -2.49. The Balaban J connectivity index is 1.54. The summed E-state index contributed by atoms with van der Waals surface area (Å²) in [7, 11) is 0. The maximum atomic E-state index is 12.5. The average Bonchev–Trinajstić information content (AvgIpc) is 3.28. The monoisotopic (exact) mass is 378 g/mol. The van der Waals surface area contributed by atoms with Crippen LogP contribution < -0.4 is 16.2 Å². The summed E-state index contributed by atoms with van der Waals surface area (Å²) in [5, 5.41) is 2.66. The first kappa shape index (κ1) is 18.4. The van der Waals surface area contributed by atoms with E-state index in [1.54, 1.807) is 0 Å². The molecule has 1 aliphatic carbocycles. The zero-order chi connectivity index (χ0) is 18.9. The number of nitrogens with zero attached hydrogens (tertiary/aromatic N) is 1. The van der Waals surface area contributed by atoms with Crippen LogP contribution in [-0.2, 0) is 22.4 Å². The van der Waals surface area contributed by atoms with Gasteiger partial charge in [-0.25, -0.2) is 4.79 Å². The summed E-state index contributed by atoms with van der Waals surface area (Å²) in [6.45, 7) is 3.18. The van der Waals surface area contributed by atoms with Crippen molar-refractivity contribution in [3.8, 4) is 0 Å². The summed E-state index contributed by atoms with van der Waals surface area (Å²) in [6, 6.07) is 1.26. The number of thiophene rings is 1. The van der Waals surface area contributed by atoms with Gasteiger partial charge in [-0.3, -0.25) is 30.1 Å². The molecule has 3 N–H and O–H groups in total. The molecule has 1 aromatic rings. The van der Waals surface area contributed by atoms with Crippen molar-refractivity contribution in [3.05, 3.63) is 21.4 Å². The van der Waals surface area contributed by atoms with E-state index in [1.165, 1.54) is 21.8 Å². The van der Waals surface area contributed by atoms with E-state index in [2.05, 4.69) is 16.2 Å². The van der Waals surface area contributed by atoms with Crippen molar-refractivity contribution < 1.29 is 19.2 Å². The molecule has 8 nitrogen and oxygen atoms in total. The number of rotatable bonds is 5. The van der Waals surface area contributed by atoms with Gasteiger partial charge in [-0.05, 0) is 43.7 Å². The number of fused-ring (bicyclic) bond motifs is 1. The minimum atomic E-state index is -0.946. The van der Waals surface area contributed by atoms with Gasteiger partial charge in [0.1, 0.15) is 12.1 Å². The number of carbonyl (C=O) groups is 4. The van der Waals surface area contributed by atoms with Crippen LogP contribution in [-0.4, -0.2) is 40.7 Å². The Kier molecular flexibility index (Phi) is 4.99. The van der Waals surface area contributed by atoms with Gasteiger partial charge >= 0.3 is 6.03 Å². The molecule has 0 aromatic carbocycles. The molecule has 1 fully saturated rings. The fourth-order valence-corrected chi connectivity index (χ4v) is 4.51. The Morgan fingerprint density at radius 2 is 1.96 bits per heavy atom. The lowest BCUT2D eigenvalue weighted by atomic mass is 9.93. The smallest absolute Gasteiger partial charge is 0.323 e. The number of hydrogen-bond donors (Lipinski definition) is 3. The van der Waals surface area contributed by atoms with Crippen LogP contribution in [0.3, 0.4) is 0 Å². The topological polar surface area (TPSA) is 108 Å². The summed E-state index contributed by atoms with van der Waals surface area (Å²) in [6.07, 6.45) is 3.98. The number of aryl methyl sites for hydroxylation is 2. The maximum Gasteiger partial charge on any atom is 0.325 e. The Morgan fingerprint density at radius 3 is 2.58 bits per heavy atom. The summed E-state index contributed by atoms with van der Waals surface area (Å²) in [5.74, 6) is -1.44. The van der Waals surface area contributed by atoms with E-state index in [0.29, 0.717) is 17.7 Å². The van der Waals surface area contributed by atoms with Gasteiger partial charge < -0.3 is 5.32 Å². The molecule has 0 saturated carbocycles. The highest BCUT2D eigenvalue weighted by molar-refractivity contribution is 7.14. The quantitative estimate of drug-likeness (QED) is 0.527. The lowest BCUT2D eigenvalue weighted by molar-refractivity contribution is -0.135. The van der Waals surface area contributed by atoms with E-state index in [4.69, 9.17) is 0 Å². The largest absolute Gasteiger partial charge is 0.325 e. The molecule has 0 atom stereocenters. The first-order valence-electron chi connectivity index (χ1n) is 8.75. The van der Waals surface area contributed by atoms with Crippen LogP contribution in [0.4, 0.5) is 4.79 Å². The van der Waals surface area contributed by atoms with E-state index in [9.17, 15) is 19.2 Å². The van der Waals surface area contributed by atoms with Crippen molar-refractivity contribution in [2.75, 3.05) is 6.54 Å². The number of amides is 5. The van der Waals surface area contributed by atoms with E-state index >= 15 is 0 Å². The van der Waals surface area contributed by atoms with Crippen molar-refractivity contribution in [3.63, 3.8) is 0 Å². The van der Waals surface area contributed by atoms with Gasteiger partial charge in [-0.1, -0.05) is 13.8 Å². The lowest BCUT2D eigenvalue weighted by Gasteiger charge is -2.22. The Bertz CT molecular complexity index is 747. The van der Waals surface area contributed by atoms with E-state index in [-0.39, 0.29) is 0 Å². The zero-order valence-corrected chi connectivity index (χ0v) is 15.6. The predicted molar refractivity (Wildman–Crippen MR) is 95.5 cm³/mol. The average molecular weight is 378 g/mol. The standard InChI is InChI=1S/C17H22N4O4S/c1-3-17(4-2)15(24)21(16(25)18-17)9-13(22)19-20-14(23)12-8-10-6-5-7-11(10)26-12/h8H,3-7,9H2,1-2H3,(H,18,25)(H,19,22)(H,20,23). The minimum absolute atomic E-state index is 0.397. The SMILES string of the molecule is CCC1(CC)NC(=O)N(CC(=O)NNC(=O)c2cc3c(s2)CCC3)C1=O. The Labute approximate surface area is 155 Å². The minimum Gasteiger partial charge on any atom is -0.323 e. The van der Waals surface area contributed by atoms with Crippen molar-refractivity contribution >= 4 is 35.1 Å². The molecular weight excluding hydrogens is 356 g/mol. The third-order valence-corrected chi connectivity index (χ3v) is 6.28. The van der Waals surface area contributed by atoms with Crippen molar-refractivity contribution in [1.82, 2.24) is 21.1 Å². The Hall–Kier alpha value is -2.42. The molecule has 3 rings (SSSR count). The van der Waals surface area contributed by atoms with Gasteiger partial charge in [-0.15, -0.1) is 11.3 Å². The zero-order valence-electron chi connectivity index (χ0n) is 14.8. The molecule has 0 spiro atoms. The van der Waals surface area contributed by atoms with Crippen LogP contribution in [0.1, 0.15) is 53.2 Å². The van der Waals surface area contributed by atoms with Crippen LogP contribution >= 0.6 is 11.3 Å². The van der Waals surface area contributed by atoms with Crippen LogP contribution in [0, 0.1) is 0 Å². The van der Waals surface area contributed by atoms with Gasteiger partial charge in [0, 0.05) is 4.88 Å². The molecular formula is C17H22N4O4S. The third-order valence-electron chi connectivity index (χ3n) is 5.04. The molecule has 2 heterocycles. The summed E-state index contributed by atoms with van der Waals surface area (Å²) < 4.78 is 0. The molecule has 0 radical (unpaired) electrons. The summed E-state index contributed by atoms with van der Waals surface area (Å²) in [5.41, 5.74) is 4.86. The normalized spacial score (nSPS) is 17.8. The molecule has 2 aliphatic rings. The number of imide groups is 1. The van der Waals surface area contributed by atoms with Crippen LogP contribution in [0.15, 0.2) is 6.07 Å². The second-order valence-corrected chi connectivity index (χ2v) is 7.66. The molecule has 1 aromatic heterocycles. The molecule has 0 bridgehead atoms. The van der Waals surface area contributed by atoms with Crippen LogP contribution in [0.2, 0.25) is 0 Å². The van der Waals surface area contributed by atoms with Crippen LogP contribution in [0.5, 0.6) is 0 Å². The first-order valence-corrected chi connectivity index (χ1v) is 9.56. The number of carbonyl (C=O) groups excluding carboxylic acids is 4. The molecule has 26 heavy (non-hydrogen) atoms. The highest BCUT2D eigenvalue weighted by Crippen LogP contribution is 2.30. The van der Waals surface area contributed by atoms with Crippen molar-refractivity contribution in [1.29, 1.82) is 0 Å². The van der Waals surface area contributed by atoms with E-state index in [0.717, 1.165) is 24.2 Å². The highest BCUT2D eigenvalue weighted by Gasteiger charge is 2.49. The second-order valence-electron chi connectivity index (χ2n) is 6.53. The van der Waals surface area contributed by atoms with Crippen molar-refractivity contribution in [2.45, 2.75) is 51.5 Å². The first-order chi connectivity index (χ1) is 12.4. The molecule has 1 saturated heterocycles. The Morgan fingerprint density at radius 1 is 1.23 bits per heavy atom. The van der Waals surface area contributed by atoms with Crippen molar-refractivity contribution in [2.24, 2.45) is 0 Å². The summed E-state index contributed by atoms with van der Waals surface area (Å²) in [4.78, 5) is 51.3. The fourth-order valence-electron chi connectivity index (χ4n) is 3.36. The molecule has 1 aliphatic heterocycles.